The summed E-state index contributed by atoms with van der Waals surface area (Å²) < 4.78 is 44.3. The predicted octanol–water partition coefficient (Wildman–Crippen LogP) is -8.70. The van der Waals surface area contributed by atoms with Gasteiger partial charge in [-0.15, -0.1) is 0 Å². The lowest BCUT2D eigenvalue weighted by molar-refractivity contribution is -0.383. The average molecular weight is 649 g/mol. The number of rotatable bonds is 2. The molecular weight excluding hydrogens is 608 g/mol. The van der Waals surface area contributed by atoms with Crippen molar-refractivity contribution in [3.05, 3.63) is 0 Å². The summed E-state index contributed by atoms with van der Waals surface area (Å²) >= 11 is 0. The van der Waals surface area contributed by atoms with Gasteiger partial charge < -0.3 is 99.2 Å². The molecule has 20 nitrogen and oxygen atoms in total. The van der Waals surface area contributed by atoms with E-state index in [0.717, 1.165) is 0 Å². The Labute approximate surface area is 249 Å². The zero-order chi connectivity index (χ0) is 32.0. The van der Waals surface area contributed by atoms with E-state index in [4.69, 9.17) is 37.9 Å². The topological polar surface area (TPSA) is 317 Å². The van der Waals surface area contributed by atoms with Crippen molar-refractivity contribution in [3.63, 3.8) is 0 Å². The first kappa shape index (κ1) is 34.5. The Bertz CT molecular complexity index is 860. The van der Waals surface area contributed by atoms with Gasteiger partial charge in [-0.05, 0) is 0 Å². The minimum absolute atomic E-state index is 0.674. The van der Waals surface area contributed by atoms with Crippen molar-refractivity contribution in [2.24, 2.45) is 0 Å². The van der Waals surface area contributed by atoms with Crippen LogP contribution in [-0.4, -0.2) is 211 Å². The second kappa shape index (κ2) is 14.1. The van der Waals surface area contributed by atoms with Crippen molar-refractivity contribution < 1.29 is 99.2 Å². The summed E-state index contributed by atoms with van der Waals surface area (Å²) in [7, 11) is 0. The SMILES string of the molecule is OC[C@H]1O[C@H]2OC[C@H]3O[C@@H](O[C@@H]4[C@@H](O)[C@H](OC[C@H]5O[C@@H](O[C@H]([C@H]2O)[C@@H]1O)[C@H](O)[C@@H](O)[C@@H]5O)O[C@H](CO)[C@H]4O)[C@H](O)[C@@H](O)[C@@H]3O. The zero-order valence-corrected chi connectivity index (χ0v) is 23.0. The molecule has 5 rings (SSSR count). The van der Waals surface area contributed by atoms with Crippen LogP contribution in [0.1, 0.15) is 0 Å². The number of hydrogen-bond donors (Lipinski definition) is 12. The first-order valence-electron chi connectivity index (χ1n) is 14.1. The van der Waals surface area contributed by atoms with E-state index in [1.54, 1.807) is 0 Å². The van der Waals surface area contributed by atoms with Gasteiger partial charge in [-0.25, -0.2) is 0 Å². The van der Waals surface area contributed by atoms with Gasteiger partial charge in [0.15, 0.2) is 25.2 Å². The highest BCUT2D eigenvalue weighted by Crippen LogP contribution is 2.33. The monoisotopic (exact) mass is 648 g/mol. The fourth-order valence-corrected chi connectivity index (χ4v) is 5.73. The van der Waals surface area contributed by atoms with Gasteiger partial charge in [0.25, 0.3) is 0 Å². The van der Waals surface area contributed by atoms with Crippen LogP contribution in [0.15, 0.2) is 0 Å². The van der Waals surface area contributed by atoms with E-state index in [1.165, 1.54) is 0 Å². The molecule has 0 spiro atoms. The molecule has 12 N–H and O–H groups in total. The lowest BCUT2D eigenvalue weighted by Crippen LogP contribution is -2.67. The van der Waals surface area contributed by atoms with Gasteiger partial charge in [-0.1, -0.05) is 0 Å². The minimum atomic E-state index is -1.93. The molecule has 5 saturated heterocycles. The Kier molecular flexibility index (Phi) is 11.1. The Morgan fingerprint density at radius 3 is 1.07 bits per heavy atom. The standard InChI is InChI=1S/C24H40O20/c25-1-5-11(29)19-17(35)21(39-5)37-3-7-9(27)14(32)16(34)24(42-7)44-20-12(30)6(2-26)40-22(18(20)36)38-4-8-10(28)13(31)15(33)23(41-8)43-19/h5-36H,1-4H2/t5-,6-,7-,8-,9-,10-,11-,12-,13+,14+,15-,16-,17-,18-,19+,20+,21-,22-,23+,24+/m1/s1. The molecule has 8 bridgehead atoms. The summed E-state index contributed by atoms with van der Waals surface area (Å²) in [6.45, 7) is -2.95. The van der Waals surface area contributed by atoms with Crippen molar-refractivity contribution >= 4 is 0 Å². The molecule has 20 heteroatoms. The summed E-state index contributed by atoms with van der Waals surface area (Å²) in [6.07, 6.45) is -34.8. The fourth-order valence-electron chi connectivity index (χ4n) is 5.73. The molecule has 5 aliphatic rings. The van der Waals surface area contributed by atoms with Crippen LogP contribution in [0, 0.1) is 0 Å². The van der Waals surface area contributed by atoms with Gasteiger partial charge in [-0.3, -0.25) is 0 Å². The zero-order valence-electron chi connectivity index (χ0n) is 23.0. The Morgan fingerprint density at radius 1 is 0.364 bits per heavy atom. The van der Waals surface area contributed by atoms with Gasteiger partial charge in [-0.2, -0.15) is 0 Å². The predicted molar refractivity (Wildman–Crippen MR) is 131 cm³/mol. The first-order valence-corrected chi connectivity index (χ1v) is 14.1. The second-order valence-corrected chi connectivity index (χ2v) is 11.3. The number of aliphatic hydroxyl groups excluding tert-OH is 12. The van der Waals surface area contributed by atoms with Crippen LogP contribution in [0.2, 0.25) is 0 Å². The molecule has 0 aromatic heterocycles. The number of fused-ring (bicyclic) bond motifs is 8. The fraction of sp³-hybridized carbons (Fsp3) is 1.00. The molecule has 0 saturated carbocycles. The third-order valence-electron chi connectivity index (χ3n) is 8.41. The van der Waals surface area contributed by atoms with Gasteiger partial charge >= 0.3 is 0 Å². The Hall–Kier alpha value is -0.800. The highest BCUT2D eigenvalue weighted by molar-refractivity contribution is 4.97. The molecule has 44 heavy (non-hydrogen) atoms. The smallest absolute Gasteiger partial charge is 0.187 e. The van der Waals surface area contributed by atoms with E-state index in [1.807, 2.05) is 0 Å². The largest absolute Gasteiger partial charge is 0.394 e. The summed E-state index contributed by atoms with van der Waals surface area (Å²) in [6, 6.07) is 0. The van der Waals surface area contributed by atoms with Crippen molar-refractivity contribution in [1.82, 2.24) is 0 Å². The summed E-state index contributed by atoms with van der Waals surface area (Å²) in [5.74, 6) is 0. The van der Waals surface area contributed by atoms with E-state index in [9.17, 15) is 61.3 Å². The second-order valence-electron chi connectivity index (χ2n) is 11.3. The van der Waals surface area contributed by atoms with E-state index in [0.29, 0.717) is 0 Å². The van der Waals surface area contributed by atoms with Crippen LogP contribution in [0.5, 0.6) is 0 Å². The maximum absolute atomic E-state index is 11.0. The summed E-state index contributed by atoms with van der Waals surface area (Å²) in [5.41, 5.74) is 0. The van der Waals surface area contributed by atoms with E-state index in [2.05, 4.69) is 0 Å². The maximum Gasteiger partial charge on any atom is 0.187 e. The molecular formula is C24H40O20. The maximum atomic E-state index is 11.0. The van der Waals surface area contributed by atoms with E-state index < -0.39 is 149 Å². The molecule has 0 amide bonds. The molecule has 0 aliphatic carbocycles. The highest BCUT2D eigenvalue weighted by Gasteiger charge is 2.54. The average Bonchev–Trinajstić information content (AvgIpc) is 3.01. The molecule has 20 atom stereocenters. The van der Waals surface area contributed by atoms with Gasteiger partial charge in [0, 0.05) is 0 Å². The highest BCUT2D eigenvalue weighted by atomic mass is 16.8. The van der Waals surface area contributed by atoms with Gasteiger partial charge in [0.2, 0.25) is 0 Å². The molecule has 0 unspecified atom stereocenters. The lowest BCUT2D eigenvalue weighted by atomic mass is 9.96. The molecule has 5 fully saturated rings. The van der Waals surface area contributed by atoms with Gasteiger partial charge in [0.05, 0.1) is 26.4 Å². The lowest BCUT2D eigenvalue weighted by Gasteiger charge is -2.48. The van der Waals surface area contributed by atoms with Crippen LogP contribution in [0.4, 0.5) is 0 Å². The van der Waals surface area contributed by atoms with E-state index in [-0.39, 0.29) is 0 Å². The van der Waals surface area contributed by atoms with Gasteiger partial charge in [0.1, 0.15) is 97.7 Å². The molecule has 5 aliphatic heterocycles. The number of aliphatic hydroxyl groups is 12. The molecule has 0 radical (unpaired) electrons. The van der Waals surface area contributed by atoms with Crippen LogP contribution in [-0.2, 0) is 37.9 Å². The van der Waals surface area contributed by atoms with E-state index >= 15 is 0 Å². The molecule has 5 heterocycles. The van der Waals surface area contributed by atoms with Crippen molar-refractivity contribution in [3.8, 4) is 0 Å². The molecule has 256 valence electrons. The van der Waals surface area contributed by atoms with Crippen molar-refractivity contribution in [2.45, 2.75) is 123 Å². The number of hydrogen-bond acceptors (Lipinski definition) is 20. The third kappa shape index (κ3) is 6.50. The van der Waals surface area contributed by atoms with Crippen molar-refractivity contribution in [2.75, 3.05) is 26.4 Å². The third-order valence-corrected chi connectivity index (χ3v) is 8.41. The Balaban J connectivity index is 1.47. The van der Waals surface area contributed by atoms with Crippen LogP contribution in [0.25, 0.3) is 0 Å². The first-order chi connectivity index (χ1) is 20.9. The summed E-state index contributed by atoms with van der Waals surface area (Å²) in [5, 5.41) is 126. The van der Waals surface area contributed by atoms with Crippen LogP contribution < -0.4 is 0 Å². The van der Waals surface area contributed by atoms with Crippen LogP contribution in [0.3, 0.4) is 0 Å². The normalized spacial score (nSPS) is 55.9. The molecule has 0 aromatic carbocycles. The number of ether oxygens (including phenoxy) is 8. The molecule has 0 aromatic rings. The Morgan fingerprint density at radius 2 is 0.727 bits per heavy atom. The summed E-state index contributed by atoms with van der Waals surface area (Å²) in [4.78, 5) is 0. The van der Waals surface area contributed by atoms with Crippen molar-refractivity contribution in [1.29, 1.82) is 0 Å². The quantitative estimate of drug-likeness (QED) is 0.132. The minimum Gasteiger partial charge on any atom is -0.394 e. The van der Waals surface area contributed by atoms with Crippen LogP contribution >= 0.6 is 0 Å².